The molecule has 0 aliphatic carbocycles. The number of carbonyl (C=O) groups excluding carboxylic acids is 1. The van der Waals surface area contributed by atoms with Gasteiger partial charge in [-0.15, -0.1) is 0 Å². The van der Waals surface area contributed by atoms with Gasteiger partial charge in [0.05, 0.1) is 31.9 Å². The smallest absolute Gasteiger partial charge is 0.410 e. The number of aryl methyl sites for hydroxylation is 1. The fraction of sp³-hybridized carbons (Fsp3) is 0.773. The predicted molar refractivity (Wildman–Crippen MR) is 120 cm³/mol. The molecule has 31 heavy (non-hydrogen) atoms. The molecule has 1 amide bonds. The fourth-order valence-corrected chi connectivity index (χ4v) is 4.02. The number of nitrogens with zero attached hydrogens (tertiary/aromatic N) is 5. The van der Waals surface area contributed by atoms with E-state index in [1.165, 1.54) is 0 Å². The third kappa shape index (κ3) is 6.59. The average molecular weight is 435 g/mol. The maximum atomic E-state index is 12.7. The van der Waals surface area contributed by atoms with Crippen molar-refractivity contribution in [1.82, 2.24) is 24.9 Å². The summed E-state index contributed by atoms with van der Waals surface area (Å²) in [5.74, 6) is 0.870. The fourth-order valence-electron chi connectivity index (χ4n) is 4.02. The Hall–Kier alpha value is -2.29. The number of hydrogen-bond acceptors (Lipinski definition) is 5. The second kappa shape index (κ2) is 10.3. The van der Waals surface area contributed by atoms with Gasteiger partial charge in [0.25, 0.3) is 0 Å². The van der Waals surface area contributed by atoms with Gasteiger partial charge in [0.2, 0.25) is 0 Å². The van der Waals surface area contributed by atoms with Crippen molar-refractivity contribution in [3.05, 3.63) is 18.0 Å². The molecule has 1 aromatic heterocycles. The lowest BCUT2D eigenvalue weighted by atomic mass is 10.0. The van der Waals surface area contributed by atoms with E-state index in [0.717, 1.165) is 57.0 Å². The summed E-state index contributed by atoms with van der Waals surface area (Å²) in [5, 5.41) is 7.68. The first-order valence-corrected chi connectivity index (χ1v) is 11.4. The summed E-state index contributed by atoms with van der Waals surface area (Å²) >= 11 is 0. The van der Waals surface area contributed by atoms with Gasteiger partial charge in [-0.3, -0.25) is 9.67 Å². The maximum absolute atomic E-state index is 12.7. The molecule has 2 fully saturated rings. The van der Waals surface area contributed by atoms with Crippen molar-refractivity contribution in [2.24, 2.45) is 12.0 Å². The molecule has 2 atom stereocenters. The van der Waals surface area contributed by atoms with Crippen molar-refractivity contribution in [2.75, 3.05) is 39.3 Å². The van der Waals surface area contributed by atoms with E-state index in [1.807, 2.05) is 45.1 Å². The summed E-state index contributed by atoms with van der Waals surface area (Å²) in [7, 11) is 1.91. The molecule has 1 aromatic rings. The Morgan fingerprint density at radius 1 is 1.35 bits per heavy atom. The van der Waals surface area contributed by atoms with Crippen LogP contribution in [-0.2, 0) is 16.5 Å². The maximum Gasteiger partial charge on any atom is 0.410 e. The van der Waals surface area contributed by atoms with Gasteiger partial charge in [-0.25, -0.2) is 4.79 Å². The molecule has 0 saturated carbocycles. The molecule has 0 radical (unpaired) electrons. The first-order valence-electron chi connectivity index (χ1n) is 11.4. The zero-order chi connectivity index (χ0) is 22.4. The molecule has 9 nitrogen and oxygen atoms in total. The van der Waals surface area contributed by atoms with Crippen molar-refractivity contribution in [1.29, 1.82) is 0 Å². The van der Waals surface area contributed by atoms with E-state index in [2.05, 4.69) is 22.2 Å². The zero-order valence-corrected chi connectivity index (χ0v) is 19.6. The van der Waals surface area contributed by atoms with E-state index in [0.29, 0.717) is 13.2 Å². The summed E-state index contributed by atoms with van der Waals surface area (Å²) in [6.45, 7) is 12.0. The number of piperidine rings is 1. The van der Waals surface area contributed by atoms with Crippen LogP contribution in [0.4, 0.5) is 4.79 Å². The number of likely N-dealkylation sites (tertiary alicyclic amines) is 1. The van der Waals surface area contributed by atoms with Crippen LogP contribution in [0, 0.1) is 0 Å². The second-order valence-electron chi connectivity index (χ2n) is 9.27. The molecule has 2 unspecified atom stereocenters. The van der Waals surface area contributed by atoms with E-state index in [4.69, 9.17) is 14.5 Å². The lowest BCUT2D eigenvalue weighted by Gasteiger charge is -2.37. The van der Waals surface area contributed by atoms with Crippen LogP contribution in [0.15, 0.2) is 17.4 Å². The Labute approximate surface area is 185 Å². The Bertz CT molecular complexity index is 757. The molecule has 2 saturated heterocycles. The highest BCUT2D eigenvalue weighted by molar-refractivity contribution is 5.80. The topological polar surface area (TPSA) is 84.2 Å². The van der Waals surface area contributed by atoms with Crippen molar-refractivity contribution in [3.63, 3.8) is 0 Å². The lowest BCUT2D eigenvalue weighted by Crippen LogP contribution is -2.50. The molecular weight excluding hydrogens is 396 g/mol. The number of nitrogens with one attached hydrogen (secondary N) is 1. The van der Waals surface area contributed by atoms with E-state index in [9.17, 15) is 4.79 Å². The SMILES string of the molecule is CCNC(=NCC1CCCCN1C(=O)OC(C)(C)C)N1CCOC(c2cnn(C)c2)C1. The third-order valence-electron chi connectivity index (χ3n) is 5.50. The van der Waals surface area contributed by atoms with E-state index < -0.39 is 5.60 Å². The predicted octanol–water partition coefficient (Wildman–Crippen LogP) is 2.55. The number of amides is 1. The molecule has 1 N–H and O–H groups in total. The number of guanidine groups is 1. The minimum Gasteiger partial charge on any atom is -0.444 e. The van der Waals surface area contributed by atoms with Crippen molar-refractivity contribution in [3.8, 4) is 0 Å². The molecule has 0 aromatic carbocycles. The van der Waals surface area contributed by atoms with Crippen molar-refractivity contribution < 1.29 is 14.3 Å². The van der Waals surface area contributed by atoms with Crippen molar-refractivity contribution >= 4 is 12.1 Å². The van der Waals surface area contributed by atoms with Crippen LogP contribution < -0.4 is 5.32 Å². The Balaban J connectivity index is 1.68. The summed E-state index contributed by atoms with van der Waals surface area (Å²) in [6, 6.07) is 0.0624. The van der Waals surface area contributed by atoms with Gasteiger partial charge in [0.15, 0.2) is 5.96 Å². The quantitative estimate of drug-likeness (QED) is 0.579. The summed E-state index contributed by atoms with van der Waals surface area (Å²) in [6.07, 6.45) is 6.66. The first kappa shape index (κ1) is 23.4. The van der Waals surface area contributed by atoms with Crippen LogP contribution in [0.1, 0.15) is 58.6 Å². The molecule has 9 heteroatoms. The van der Waals surface area contributed by atoms with Gasteiger partial charge < -0.3 is 24.6 Å². The van der Waals surface area contributed by atoms with Crippen LogP contribution in [0.2, 0.25) is 0 Å². The number of rotatable bonds is 4. The Morgan fingerprint density at radius 3 is 2.84 bits per heavy atom. The van der Waals surface area contributed by atoms with Gasteiger partial charge in [-0.2, -0.15) is 5.10 Å². The molecule has 3 rings (SSSR count). The third-order valence-corrected chi connectivity index (χ3v) is 5.50. The van der Waals surface area contributed by atoms with E-state index in [1.54, 1.807) is 4.68 Å². The van der Waals surface area contributed by atoms with Crippen LogP contribution in [0.5, 0.6) is 0 Å². The zero-order valence-electron chi connectivity index (χ0n) is 19.6. The molecule has 0 spiro atoms. The molecule has 2 aliphatic heterocycles. The Kier molecular flexibility index (Phi) is 7.80. The highest BCUT2D eigenvalue weighted by Crippen LogP contribution is 2.23. The summed E-state index contributed by atoms with van der Waals surface area (Å²) in [4.78, 5) is 21.7. The number of hydrogen-bond donors (Lipinski definition) is 1. The summed E-state index contributed by atoms with van der Waals surface area (Å²) < 4.78 is 13.4. The number of aliphatic imine (C=N–C) groups is 1. The minimum absolute atomic E-state index is 0.0285. The van der Waals surface area contributed by atoms with Crippen LogP contribution >= 0.6 is 0 Å². The lowest BCUT2D eigenvalue weighted by molar-refractivity contribution is -0.00816. The highest BCUT2D eigenvalue weighted by Gasteiger charge is 2.31. The first-order chi connectivity index (χ1) is 14.8. The number of morpholine rings is 1. The molecule has 3 heterocycles. The molecule has 174 valence electrons. The van der Waals surface area contributed by atoms with Gasteiger partial charge >= 0.3 is 6.09 Å². The second-order valence-corrected chi connectivity index (χ2v) is 9.27. The van der Waals surface area contributed by atoms with Gasteiger partial charge in [0, 0.05) is 38.4 Å². The van der Waals surface area contributed by atoms with Gasteiger partial charge in [-0.05, 0) is 47.0 Å². The largest absolute Gasteiger partial charge is 0.444 e. The standard InChI is InChI=1S/C22H38N6O3/c1-6-23-20(27-11-12-30-19(16-27)17-13-25-26(5)15-17)24-14-18-9-7-8-10-28(18)21(29)31-22(2,3)4/h13,15,18-19H,6-12,14,16H2,1-5H3,(H,23,24). The van der Waals surface area contributed by atoms with Crippen LogP contribution in [0.3, 0.4) is 0 Å². The average Bonchev–Trinajstić information content (AvgIpc) is 3.16. The molecule has 2 aliphatic rings. The minimum atomic E-state index is -0.494. The molecule has 0 bridgehead atoms. The highest BCUT2D eigenvalue weighted by atomic mass is 16.6. The van der Waals surface area contributed by atoms with E-state index in [-0.39, 0.29) is 18.2 Å². The number of carbonyl (C=O) groups is 1. The number of ether oxygens (including phenoxy) is 2. The Morgan fingerprint density at radius 2 is 2.16 bits per heavy atom. The molecular formula is C22H38N6O3. The van der Waals surface area contributed by atoms with Crippen molar-refractivity contribution in [2.45, 2.75) is 64.7 Å². The van der Waals surface area contributed by atoms with Gasteiger partial charge in [0.1, 0.15) is 11.7 Å². The summed E-state index contributed by atoms with van der Waals surface area (Å²) in [5.41, 5.74) is 0.582. The van der Waals surface area contributed by atoms with E-state index >= 15 is 0 Å². The monoisotopic (exact) mass is 434 g/mol. The number of aromatic nitrogens is 2. The van der Waals surface area contributed by atoms with Gasteiger partial charge in [-0.1, -0.05) is 0 Å². The van der Waals surface area contributed by atoms with Crippen LogP contribution in [0.25, 0.3) is 0 Å². The van der Waals surface area contributed by atoms with Crippen LogP contribution in [-0.4, -0.2) is 82.6 Å². The normalized spacial score (nSPS) is 23.1.